The number of nitrogens with one attached hydrogen (secondary N) is 1. The Morgan fingerprint density at radius 3 is 2.79 bits per heavy atom. The van der Waals surface area contributed by atoms with Crippen molar-refractivity contribution < 1.29 is 8.78 Å². The van der Waals surface area contributed by atoms with Gasteiger partial charge in [-0.15, -0.1) is 0 Å². The third-order valence-electron chi connectivity index (χ3n) is 2.79. The maximum absolute atomic E-state index is 13.7. The highest BCUT2D eigenvalue weighted by atomic mass is 19.1. The van der Waals surface area contributed by atoms with E-state index in [0.29, 0.717) is 25.2 Å². The van der Waals surface area contributed by atoms with E-state index in [2.05, 4.69) is 15.5 Å². The highest BCUT2D eigenvalue weighted by molar-refractivity contribution is 5.08. The molecule has 0 fully saturated rings. The average Bonchev–Trinajstić information content (AvgIpc) is 2.98. The lowest BCUT2D eigenvalue weighted by atomic mass is 10.3. The Morgan fingerprint density at radius 2 is 2.11 bits per heavy atom. The van der Waals surface area contributed by atoms with Crippen molar-refractivity contribution in [2.45, 2.75) is 33.1 Å². The first-order chi connectivity index (χ1) is 9.24. The largest absolute Gasteiger partial charge is 0.308 e. The first-order valence-corrected chi connectivity index (χ1v) is 6.22. The van der Waals surface area contributed by atoms with Gasteiger partial charge in [0.15, 0.2) is 0 Å². The molecule has 0 unspecified atom stereocenters. The summed E-state index contributed by atoms with van der Waals surface area (Å²) in [5.41, 5.74) is 1.48. The standard InChI is InChI=1S/C12H17F2N5/c1-2-19-12(14)11(8-17-19)7-15-5-10-6-16-18(9-10)4-3-13/h6,8-9,15H,2-5,7H2,1H3. The Hall–Kier alpha value is -1.76. The topological polar surface area (TPSA) is 47.7 Å². The summed E-state index contributed by atoms with van der Waals surface area (Å²) in [7, 11) is 0. The molecule has 5 nitrogen and oxygen atoms in total. The lowest BCUT2D eigenvalue weighted by Crippen LogP contribution is -2.13. The van der Waals surface area contributed by atoms with E-state index in [0.717, 1.165) is 5.56 Å². The number of hydrogen-bond donors (Lipinski definition) is 1. The number of rotatable bonds is 7. The number of nitrogens with zero attached hydrogens (tertiary/aromatic N) is 4. The van der Waals surface area contributed by atoms with Gasteiger partial charge in [0.2, 0.25) is 5.95 Å². The SMILES string of the molecule is CCn1ncc(CNCc2cnn(CCF)c2)c1F. The minimum absolute atomic E-state index is 0.262. The predicted octanol–water partition coefficient (Wildman–Crippen LogP) is 1.50. The molecule has 0 aliphatic heterocycles. The van der Waals surface area contributed by atoms with Gasteiger partial charge in [-0.3, -0.25) is 4.68 Å². The number of halogens is 2. The Kier molecular flexibility index (Phi) is 4.62. The molecule has 0 spiro atoms. The molecule has 2 aromatic rings. The molecule has 0 radical (unpaired) electrons. The lowest BCUT2D eigenvalue weighted by Gasteiger charge is -2.01. The summed E-state index contributed by atoms with van der Waals surface area (Å²) in [5, 5.41) is 11.1. The predicted molar refractivity (Wildman–Crippen MR) is 66.6 cm³/mol. The van der Waals surface area contributed by atoms with Crippen molar-refractivity contribution in [2.75, 3.05) is 6.67 Å². The van der Waals surface area contributed by atoms with E-state index >= 15 is 0 Å². The van der Waals surface area contributed by atoms with Crippen molar-refractivity contribution in [3.8, 4) is 0 Å². The van der Waals surface area contributed by atoms with E-state index < -0.39 is 6.67 Å². The summed E-state index contributed by atoms with van der Waals surface area (Å²) < 4.78 is 28.6. The van der Waals surface area contributed by atoms with Gasteiger partial charge in [0.05, 0.1) is 18.9 Å². The van der Waals surface area contributed by atoms with Gasteiger partial charge < -0.3 is 5.32 Å². The normalized spacial score (nSPS) is 11.1. The molecule has 2 aromatic heterocycles. The second-order valence-electron chi connectivity index (χ2n) is 4.18. The van der Waals surface area contributed by atoms with Crippen LogP contribution in [0.1, 0.15) is 18.1 Å². The molecule has 0 aliphatic rings. The van der Waals surface area contributed by atoms with Crippen LogP contribution in [-0.4, -0.2) is 26.2 Å². The molecule has 0 amide bonds. The van der Waals surface area contributed by atoms with Crippen LogP contribution in [-0.2, 0) is 26.2 Å². The van der Waals surface area contributed by atoms with Gasteiger partial charge in [0.25, 0.3) is 0 Å². The summed E-state index contributed by atoms with van der Waals surface area (Å²) in [6, 6.07) is 0. The molecular weight excluding hydrogens is 252 g/mol. The maximum atomic E-state index is 13.7. The van der Waals surface area contributed by atoms with Gasteiger partial charge in [-0.05, 0) is 6.92 Å². The van der Waals surface area contributed by atoms with Crippen LogP contribution in [0.15, 0.2) is 18.6 Å². The monoisotopic (exact) mass is 269 g/mol. The summed E-state index contributed by atoms with van der Waals surface area (Å²) >= 11 is 0. The average molecular weight is 269 g/mol. The van der Waals surface area contributed by atoms with E-state index in [1.165, 1.54) is 10.9 Å². The van der Waals surface area contributed by atoms with E-state index in [1.807, 2.05) is 6.92 Å². The molecular formula is C12H17F2N5. The molecule has 0 aliphatic carbocycles. The fourth-order valence-electron chi connectivity index (χ4n) is 1.80. The Balaban J connectivity index is 1.83. The number of aryl methyl sites for hydroxylation is 2. The van der Waals surface area contributed by atoms with Gasteiger partial charge in [0, 0.05) is 37.0 Å². The van der Waals surface area contributed by atoms with Crippen LogP contribution in [0.25, 0.3) is 0 Å². The smallest absolute Gasteiger partial charge is 0.215 e. The number of alkyl halides is 1. The second-order valence-corrected chi connectivity index (χ2v) is 4.18. The fraction of sp³-hybridized carbons (Fsp3) is 0.500. The molecule has 0 saturated heterocycles. The van der Waals surface area contributed by atoms with Gasteiger partial charge >= 0.3 is 0 Å². The zero-order valence-electron chi connectivity index (χ0n) is 10.8. The van der Waals surface area contributed by atoms with Crippen LogP contribution in [0.3, 0.4) is 0 Å². The van der Waals surface area contributed by atoms with E-state index in [4.69, 9.17) is 0 Å². The van der Waals surface area contributed by atoms with Crippen molar-refractivity contribution in [1.29, 1.82) is 0 Å². The number of aromatic nitrogens is 4. The Morgan fingerprint density at radius 1 is 1.26 bits per heavy atom. The number of hydrogen-bond acceptors (Lipinski definition) is 3. The third kappa shape index (κ3) is 3.37. The van der Waals surface area contributed by atoms with Crippen LogP contribution in [0.2, 0.25) is 0 Å². The highest BCUT2D eigenvalue weighted by Crippen LogP contribution is 2.06. The van der Waals surface area contributed by atoms with Crippen molar-refractivity contribution in [3.05, 3.63) is 35.7 Å². The lowest BCUT2D eigenvalue weighted by molar-refractivity contribution is 0.427. The molecule has 104 valence electrons. The van der Waals surface area contributed by atoms with Crippen LogP contribution < -0.4 is 5.32 Å². The van der Waals surface area contributed by atoms with E-state index in [9.17, 15) is 8.78 Å². The molecule has 0 bridgehead atoms. The van der Waals surface area contributed by atoms with Crippen molar-refractivity contribution in [1.82, 2.24) is 24.9 Å². The van der Waals surface area contributed by atoms with Crippen molar-refractivity contribution in [2.24, 2.45) is 0 Å². The van der Waals surface area contributed by atoms with Crippen LogP contribution >= 0.6 is 0 Å². The molecule has 7 heteroatoms. The van der Waals surface area contributed by atoms with Gasteiger partial charge in [-0.2, -0.15) is 14.6 Å². The molecule has 2 heterocycles. The molecule has 0 atom stereocenters. The van der Waals surface area contributed by atoms with Crippen LogP contribution in [0.4, 0.5) is 8.78 Å². The zero-order chi connectivity index (χ0) is 13.7. The van der Waals surface area contributed by atoms with Crippen LogP contribution in [0.5, 0.6) is 0 Å². The summed E-state index contributed by atoms with van der Waals surface area (Å²) in [4.78, 5) is 0. The third-order valence-corrected chi connectivity index (χ3v) is 2.79. The maximum Gasteiger partial charge on any atom is 0.215 e. The molecule has 2 rings (SSSR count). The molecule has 0 aromatic carbocycles. The van der Waals surface area contributed by atoms with Crippen molar-refractivity contribution in [3.63, 3.8) is 0 Å². The van der Waals surface area contributed by atoms with Gasteiger partial charge in [0.1, 0.15) is 6.67 Å². The quantitative estimate of drug-likeness (QED) is 0.828. The summed E-state index contributed by atoms with van der Waals surface area (Å²) in [6.07, 6.45) is 4.98. The van der Waals surface area contributed by atoms with Crippen LogP contribution in [0, 0.1) is 5.95 Å². The summed E-state index contributed by atoms with van der Waals surface area (Å²) in [6.45, 7) is 3.14. The van der Waals surface area contributed by atoms with Crippen molar-refractivity contribution >= 4 is 0 Å². The first kappa shape index (κ1) is 13.7. The zero-order valence-corrected chi connectivity index (χ0v) is 10.8. The van der Waals surface area contributed by atoms with Gasteiger partial charge in [-0.25, -0.2) is 9.07 Å². The Labute approximate surface area is 110 Å². The molecule has 0 saturated carbocycles. The summed E-state index contributed by atoms with van der Waals surface area (Å²) in [5.74, 6) is -0.303. The van der Waals surface area contributed by atoms with E-state index in [-0.39, 0.29) is 12.5 Å². The fourth-order valence-corrected chi connectivity index (χ4v) is 1.80. The van der Waals surface area contributed by atoms with Gasteiger partial charge in [-0.1, -0.05) is 0 Å². The van der Waals surface area contributed by atoms with E-state index in [1.54, 1.807) is 17.1 Å². The molecule has 19 heavy (non-hydrogen) atoms. The first-order valence-electron chi connectivity index (χ1n) is 6.22. The highest BCUT2D eigenvalue weighted by Gasteiger charge is 2.08. The Bertz CT molecular complexity index is 520. The minimum atomic E-state index is -0.435. The molecule has 1 N–H and O–H groups in total. The second kappa shape index (κ2) is 6.42. The minimum Gasteiger partial charge on any atom is -0.308 e.